The highest BCUT2D eigenvalue weighted by atomic mass is 16.5. The summed E-state index contributed by atoms with van der Waals surface area (Å²) in [6.07, 6.45) is 1.49. The van der Waals surface area contributed by atoms with Crippen molar-refractivity contribution in [2.24, 2.45) is 0 Å². The fourth-order valence-electron chi connectivity index (χ4n) is 4.66. The van der Waals surface area contributed by atoms with Gasteiger partial charge in [0.2, 0.25) is 0 Å². The van der Waals surface area contributed by atoms with Crippen molar-refractivity contribution in [3.05, 3.63) is 87.0 Å². The Balaban J connectivity index is 1.69. The van der Waals surface area contributed by atoms with Gasteiger partial charge in [-0.2, -0.15) is 0 Å². The maximum Gasteiger partial charge on any atom is 0.327 e. The standard InChI is InChI=1S/C28H34N6O3/c1-5-24(27-30-31-32-34(27)18-25(35)37-6-2)33(15-14-21-10-8-7-9-11-21)17-23-16-22-13-12-19(3)20(4)26(22)29-28(23)36/h7-13,16,24H,5-6,14-15,17-18H2,1-4H3,(H,29,36)/t24-/m0/s1. The zero-order valence-electron chi connectivity index (χ0n) is 21.9. The molecule has 2 heterocycles. The Morgan fingerprint density at radius 2 is 1.92 bits per heavy atom. The van der Waals surface area contributed by atoms with Crippen molar-refractivity contribution in [3.63, 3.8) is 0 Å². The number of aryl methyl sites for hydroxylation is 2. The summed E-state index contributed by atoms with van der Waals surface area (Å²) in [5.74, 6) is 0.186. The highest BCUT2D eigenvalue weighted by molar-refractivity contribution is 5.83. The minimum atomic E-state index is -0.390. The first kappa shape index (κ1) is 26.2. The average molecular weight is 503 g/mol. The van der Waals surface area contributed by atoms with Crippen molar-refractivity contribution in [1.82, 2.24) is 30.1 Å². The smallest absolute Gasteiger partial charge is 0.327 e. The molecule has 2 aromatic heterocycles. The van der Waals surface area contributed by atoms with Crippen LogP contribution in [0.3, 0.4) is 0 Å². The molecule has 2 aromatic carbocycles. The summed E-state index contributed by atoms with van der Waals surface area (Å²) < 4.78 is 6.60. The second-order valence-corrected chi connectivity index (χ2v) is 9.23. The van der Waals surface area contributed by atoms with Crippen LogP contribution in [0.1, 0.15) is 54.4 Å². The zero-order valence-corrected chi connectivity index (χ0v) is 21.9. The average Bonchev–Trinajstić information content (AvgIpc) is 3.34. The number of hydrogen-bond acceptors (Lipinski definition) is 7. The van der Waals surface area contributed by atoms with Crippen molar-refractivity contribution >= 4 is 16.9 Å². The van der Waals surface area contributed by atoms with E-state index < -0.39 is 5.97 Å². The number of carbonyl (C=O) groups is 1. The molecule has 9 heteroatoms. The highest BCUT2D eigenvalue weighted by Gasteiger charge is 2.26. The number of ether oxygens (including phenoxy) is 1. The van der Waals surface area contributed by atoms with E-state index >= 15 is 0 Å². The van der Waals surface area contributed by atoms with Gasteiger partial charge in [-0.25, -0.2) is 4.68 Å². The Bertz CT molecular complexity index is 1410. The summed E-state index contributed by atoms with van der Waals surface area (Å²) in [4.78, 5) is 30.7. The van der Waals surface area contributed by atoms with Crippen molar-refractivity contribution in [2.75, 3.05) is 13.2 Å². The third-order valence-corrected chi connectivity index (χ3v) is 6.80. The lowest BCUT2D eigenvalue weighted by molar-refractivity contribution is -0.144. The molecule has 9 nitrogen and oxygen atoms in total. The topological polar surface area (TPSA) is 106 Å². The number of carbonyl (C=O) groups excluding carboxylic acids is 1. The van der Waals surface area contributed by atoms with Crippen molar-refractivity contribution < 1.29 is 9.53 Å². The number of esters is 1. The van der Waals surface area contributed by atoms with Gasteiger partial charge in [0.15, 0.2) is 5.82 Å². The van der Waals surface area contributed by atoms with Crippen LogP contribution in [0.25, 0.3) is 10.9 Å². The fraction of sp³-hybridized carbons (Fsp3) is 0.393. The van der Waals surface area contributed by atoms with E-state index in [0.29, 0.717) is 37.5 Å². The number of hydrogen-bond donors (Lipinski definition) is 1. The molecule has 0 saturated heterocycles. The van der Waals surface area contributed by atoms with Gasteiger partial charge in [-0.05, 0) is 72.2 Å². The minimum Gasteiger partial charge on any atom is -0.465 e. The Morgan fingerprint density at radius 1 is 1.14 bits per heavy atom. The number of nitrogens with one attached hydrogen (secondary N) is 1. The van der Waals surface area contributed by atoms with E-state index in [4.69, 9.17) is 4.74 Å². The van der Waals surface area contributed by atoms with Gasteiger partial charge >= 0.3 is 5.97 Å². The van der Waals surface area contributed by atoms with Crippen LogP contribution in [-0.4, -0.2) is 49.2 Å². The van der Waals surface area contributed by atoms with E-state index in [0.717, 1.165) is 28.5 Å². The van der Waals surface area contributed by atoms with Crippen molar-refractivity contribution in [2.45, 2.75) is 59.7 Å². The van der Waals surface area contributed by atoms with E-state index in [1.165, 1.54) is 10.2 Å². The fourth-order valence-corrected chi connectivity index (χ4v) is 4.66. The van der Waals surface area contributed by atoms with Crippen LogP contribution in [0.5, 0.6) is 0 Å². The number of rotatable bonds is 11. The lowest BCUT2D eigenvalue weighted by atomic mass is 10.0. The molecule has 0 aliphatic rings. The normalized spacial score (nSPS) is 12.2. The van der Waals surface area contributed by atoms with Gasteiger partial charge in [0, 0.05) is 18.7 Å². The molecule has 0 aliphatic heterocycles. The van der Waals surface area contributed by atoms with E-state index in [9.17, 15) is 9.59 Å². The van der Waals surface area contributed by atoms with Crippen LogP contribution in [0.15, 0.2) is 53.3 Å². The summed E-state index contributed by atoms with van der Waals surface area (Å²) >= 11 is 0. The number of H-pyrrole nitrogens is 1. The summed E-state index contributed by atoms with van der Waals surface area (Å²) in [5, 5.41) is 13.2. The molecule has 194 valence electrons. The molecular weight excluding hydrogens is 468 g/mol. The molecule has 0 fully saturated rings. The van der Waals surface area contributed by atoms with Crippen LogP contribution in [-0.2, 0) is 29.0 Å². The predicted molar refractivity (Wildman–Crippen MR) is 142 cm³/mol. The maximum atomic E-state index is 13.2. The largest absolute Gasteiger partial charge is 0.465 e. The number of aromatic nitrogens is 5. The Hall–Kier alpha value is -3.85. The first-order valence-corrected chi connectivity index (χ1v) is 12.7. The quantitative estimate of drug-likeness (QED) is 0.310. The van der Waals surface area contributed by atoms with Crippen LogP contribution in [0, 0.1) is 13.8 Å². The number of aromatic amines is 1. The van der Waals surface area contributed by atoms with Crippen molar-refractivity contribution in [1.29, 1.82) is 0 Å². The molecule has 0 saturated carbocycles. The minimum absolute atomic E-state index is 0.0611. The zero-order chi connectivity index (χ0) is 26.4. The van der Waals surface area contributed by atoms with Crippen LogP contribution in [0.2, 0.25) is 0 Å². The summed E-state index contributed by atoms with van der Waals surface area (Å²) in [7, 11) is 0. The van der Waals surface area contributed by atoms with Gasteiger partial charge in [0.1, 0.15) is 6.54 Å². The molecule has 0 bridgehead atoms. The lowest BCUT2D eigenvalue weighted by Gasteiger charge is -2.30. The molecule has 0 amide bonds. The van der Waals surface area contributed by atoms with Gasteiger partial charge in [0.05, 0.1) is 18.2 Å². The third kappa shape index (κ3) is 6.11. The molecule has 1 N–H and O–H groups in total. The number of tetrazole rings is 1. The number of fused-ring (bicyclic) bond motifs is 1. The van der Waals surface area contributed by atoms with Crippen LogP contribution in [0.4, 0.5) is 0 Å². The molecule has 0 spiro atoms. The van der Waals surface area contributed by atoms with Gasteiger partial charge in [-0.1, -0.05) is 49.4 Å². The Kier molecular flexibility index (Phi) is 8.45. The SMILES string of the molecule is CCOC(=O)Cn1nnnc1[C@H](CC)N(CCc1ccccc1)Cc1cc2ccc(C)c(C)c2[nH]c1=O. The monoisotopic (exact) mass is 502 g/mol. The van der Waals surface area contributed by atoms with Gasteiger partial charge in [-0.15, -0.1) is 5.10 Å². The number of benzene rings is 2. The van der Waals surface area contributed by atoms with E-state index in [-0.39, 0.29) is 18.1 Å². The highest BCUT2D eigenvalue weighted by Crippen LogP contribution is 2.26. The van der Waals surface area contributed by atoms with Crippen LogP contribution >= 0.6 is 0 Å². The molecule has 0 radical (unpaired) electrons. The first-order valence-electron chi connectivity index (χ1n) is 12.7. The van der Waals surface area contributed by atoms with E-state index in [1.807, 2.05) is 44.2 Å². The molecular formula is C28H34N6O3. The van der Waals surface area contributed by atoms with Gasteiger partial charge in [0.25, 0.3) is 5.56 Å². The third-order valence-electron chi connectivity index (χ3n) is 6.80. The molecule has 37 heavy (non-hydrogen) atoms. The maximum absolute atomic E-state index is 13.2. The number of pyridine rings is 1. The predicted octanol–water partition coefficient (Wildman–Crippen LogP) is 3.89. The van der Waals surface area contributed by atoms with Gasteiger partial charge < -0.3 is 9.72 Å². The van der Waals surface area contributed by atoms with E-state index in [1.54, 1.807) is 6.92 Å². The first-order chi connectivity index (χ1) is 17.9. The molecule has 1 atom stereocenters. The molecule has 4 aromatic rings. The Labute approximate surface area is 216 Å². The van der Waals surface area contributed by atoms with Crippen LogP contribution < -0.4 is 5.56 Å². The Morgan fingerprint density at radius 3 is 2.65 bits per heavy atom. The second kappa shape index (κ2) is 11.9. The van der Waals surface area contributed by atoms with E-state index in [2.05, 4.69) is 50.5 Å². The molecule has 0 unspecified atom stereocenters. The van der Waals surface area contributed by atoms with Crippen molar-refractivity contribution in [3.8, 4) is 0 Å². The summed E-state index contributed by atoms with van der Waals surface area (Å²) in [6, 6.07) is 16.1. The lowest BCUT2D eigenvalue weighted by Crippen LogP contribution is -2.34. The molecule has 4 rings (SSSR count). The summed E-state index contributed by atoms with van der Waals surface area (Å²) in [6.45, 7) is 9.21. The second-order valence-electron chi connectivity index (χ2n) is 9.23. The summed E-state index contributed by atoms with van der Waals surface area (Å²) in [5.41, 5.74) is 4.85. The number of nitrogens with zero attached hydrogens (tertiary/aromatic N) is 5. The van der Waals surface area contributed by atoms with Gasteiger partial charge in [-0.3, -0.25) is 14.5 Å². The molecule has 0 aliphatic carbocycles.